The van der Waals surface area contributed by atoms with E-state index < -0.39 is 33.8 Å². The second kappa shape index (κ2) is 11.0. The number of benzene rings is 2. The van der Waals surface area contributed by atoms with Gasteiger partial charge in [0.1, 0.15) is 16.7 Å². The Morgan fingerprint density at radius 3 is 2.60 bits per heavy atom. The SMILES string of the molecule is COc1ccc(/C(C)=N\N=C2\NC(=O)C(CC(=O)Nc3ccc(Cl)c(C(F)(F)F)c3)S2)c(OC)c1. The molecule has 0 aromatic heterocycles. The molecule has 3 rings (SSSR count). The van der Waals surface area contributed by atoms with Crippen LogP contribution in [0.5, 0.6) is 11.5 Å². The van der Waals surface area contributed by atoms with Crippen molar-refractivity contribution in [2.24, 2.45) is 10.2 Å². The molecule has 8 nitrogen and oxygen atoms in total. The molecule has 2 N–H and O–H groups in total. The highest BCUT2D eigenvalue weighted by Gasteiger charge is 2.34. The van der Waals surface area contributed by atoms with Crippen molar-refractivity contribution in [1.29, 1.82) is 0 Å². The van der Waals surface area contributed by atoms with Crippen molar-refractivity contribution in [3.8, 4) is 11.5 Å². The Morgan fingerprint density at radius 1 is 1.20 bits per heavy atom. The van der Waals surface area contributed by atoms with Gasteiger partial charge in [0.05, 0.1) is 30.5 Å². The van der Waals surface area contributed by atoms with Gasteiger partial charge in [-0.25, -0.2) is 0 Å². The molecule has 1 unspecified atom stereocenters. The van der Waals surface area contributed by atoms with E-state index in [4.69, 9.17) is 21.1 Å². The van der Waals surface area contributed by atoms with Crippen LogP contribution >= 0.6 is 23.4 Å². The molecule has 1 heterocycles. The Balaban J connectivity index is 1.65. The average Bonchev–Trinajstić information content (AvgIpc) is 3.16. The largest absolute Gasteiger partial charge is 0.497 e. The van der Waals surface area contributed by atoms with Gasteiger partial charge in [-0.15, -0.1) is 5.10 Å². The second-order valence-electron chi connectivity index (χ2n) is 7.20. The first-order valence-electron chi connectivity index (χ1n) is 10.0. The van der Waals surface area contributed by atoms with Crippen LogP contribution in [-0.4, -0.2) is 42.2 Å². The third kappa shape index (κ3) is 6.67. The van der Waals surface area contributed by atoms with E-state index in [0.29, 0.717) is 22.8 Å². The molecule has 0 saturated carbocycles. The lowest BCUT2D eigenvalue weighted by atomic mass is 10.1. The minimum absolute atomic E-state index is 0.0855. The summed E-state index contributed by atoms with van der Waals surface area (Å²) in [7, 11) is 3.04. The third-order valence-electron chi connectivity index (χ3n) is 4.79. The number of nitrogens with zero attached hydrogens (tertiary/aromatic N) is 2. The van der Waals surface area contributed by atoms with E-state index in [-0.39, 0.29) is 17.3 Å². The van der Waals surface area contributed by atoms with Crippen LogP contribution in [0.2, 0.25) is 5.02 Å². The van der Waals surface area contributed by atoms with Gasteiger partial charge in [0, 0.05) is 23.7 Å². The standard InChI is InChI=1S/C22H20ClF3N4O4S/c1-11(14-6-5-13(33-2)9-17(14)34-3)29-30-21-28-20(32)18(35-21)10-19(31)27-12-4-7-16(23)15(8-12)22(24,25)26/h4-9,18H,10H2,1-3H3,(H,27,31)(H,28,30,32)/b29-11-. The maximum Gasteiger partial charge on any atom is 0.417 e. The smallest absolute Gasteiger partial charge is 0.417 e. The number of carbonyl (C=O) groups excluding carboxylic acids is 2. The van der Waals surface area contributed by atoms with Crippen LogP contribution in [0, 0.1) is 0 Å². The van der Waals surface area contributed by atoms with Crippen molar-refractivity contribution in [2.75, 3.05) is 19.5 Å². The van der Waals surface area contributed by atoms with Gasteiger partial charge < -0.3 is 20.1 Å². The zero-order valence-electron chi connectivity index (χ0n) is 18.7. The van der Waals surface area contributed by atoms with Crippen LogP contribution in [0.4, 0.5) is 18.9 Å². The molecule has 0 radical (unpaired) electrons. The number of anilines is 1. The highest BCUT2D eigenvalue weighted by Crippen LogP contribution is 2.36. The van der Waals surface area contributed by atoms with Crippen molar-refractivity contribution in [3.63, 3.8) is 0 Å². The molecule has 13 heteroatoms. The van der Waals surface area contributed by atoms with Crippen LogP contribution in [-0.2, 0) is 15.8 Å². The van der Waals surface area contributed by atoms with Crippen LogP contribution in [0.3, 0.4) is 0 Å². The Bertz CT molecular complexity index is 1200. The molecule has 1 fully saturated rings. The fourth-order valence-electron chi connectivity index (χ4n) is 3.06. The lowest BCUT2D eigenvalue weighted by molar-refractivity contribution is -0.137. The monoisotopic (exact) mass is 528 g/mol. The highest BCUT2D eigenvalue weighted by atomic mass is 35.5. The summed E-state index contributed by atoms with van der Waals surface area (Å²) in [5.41, 5.74) is 0.0270. The number of hydrogen-bond donors (Lipinski definition) is 2. The topological polar surface area (TPSA) is 101 Å². The normalized spacial score (nSPS) is 17.3. The van der Waals surface area contributed by atoms with Gasteiger partial charge in [-0.2, -0.15) is 18.3 Å². The lowest BCUT2D eigenvalue weighted by Gasteiger charge is -2.12. The van der Waals surface area contributed by atoms with Gasteiger partial charge in [0.15, 0.2) is 5.17 Å². The third-order valence-corrected chi connectivity index (χ3v) is 6.19. The number of alkyl halides is 3. The number of halogens is 4. The first kappa shape index (κ1) is 26.4. The van der Waals surface area contributed by atoms with Crippen molar-refractivity contribution in [3.05, 3.63) is 52.5 Å². The van der Waals surface area contributed by atoms with Crippen LogP contribution in [0.15, 0.2) is 46.6 Å². The molecule has 2 amide bonds. The predicted molar refractivity (Wildman–Crippen MR) is 128 cm³/mol. The van der Waals surface area contributed by atoms with Crippen molar-refractivity contribution < 1.29 is 32.2 Å². The second-order valence-corrected chi connectivity index (χ2v) is 8.80. The number of rotatable bonds is 7. The molecule has 0 spiro atoms. The molecule has 35 heavy (non-hydrogen) atoms. The van der Waals surface area contributed by atoms with E-state index in [2.05, 4.69) is 20.8 Å². The first-order chi connectivity index (χ1) is 16.5. The molecule has 1 saturated heterocycles. The number of thioether (sulfide) groups is 1. The minimum Gasteiger partial charge on any atom is -0.497 e. The first-order valence-corrected chi connectivity index (χ1v) is 11.3. The molecule has 2 aromatic rings. The van der Waals surface area contributed by atoms with E-state index in [1.54, 1.807) is 25.1 Å². The molecule has 186 valence electrons. The van der Waals surface area contributed by atoms with Crippen LogP contribution < -0.4 is 20.1 Å². The molecule has 1 aliphatic heterocycles. The number of methoxy groups -OCH3 is 2. The maximum atomic E-state index is 13.0. The fraction of sp³-hybridized carbons (Fsp3) is 0.273. The zero-order chi connectivity index (χ0) is 25.8. The molecule has 2 aromatic carbocycles. The summed E-state index contributed by atoms with van der Waals surface area (Å²) in [6.07, 6.45) is -4.95. The van der Waals surface area contributed by atoms with E-state index in [1.165, 1.54) is 20.3 Å². The van der Waals surface area contributed by atoms with Gasteiger partial charge in [-0.3, -0.25) is 9.59 Å². The summed E-state index contributed by atoms with van der Waals surface area (Å²) in [6, 6.07) is 8.21. The van der Waals surface area contributed by atoms with Crippen molar-refractivity contribution in [1.82, 2.24) is 5.32 Å². The number of hydrogen-bond acceptors (Lipinski definition) is 7. The van der Waals surface area contributed by atoms with Crippen LogP contribution in [0.1, 0.15) is 24.5 Å². The lowest BCUT2D eigenvalue weighted by Crippen LogP contribution is -2.28. The number of carbonyl (C=O) groups is 2. The quantitative estimate of drug-likeness (QED) is 0.400. The Kier molecular flexibility index (Phi) is 8.28. The van der Waals surface area contributed by atoms with Gasteiger partial charge in [-0.05, 0) is 37.3 Å². The van der Waals surface area contributed by atoms with Crippen molar-refractivity contribution in [2.45, 2.75) is 24.8 Å². The van der Waals surface area contributed by atoms with E-state index in [1.807, 2.05) is 0 Å². The molecule has 0 aliphatic carbocycles. The molecule has 1 aliphatic rings. The summed E-state index contributed by atoms with van der Waals surface area (Å²) in [5, 5.41) is 11.9. The van der Waals surface area contributed by atoms with Gasteiger partial charge in [-0.1, -0.05) is 23.4 Å². The van der Waals surface area contributed by atoms with E-state index in [9.17, 15) is 22.8 Å². The van der Waals surface area contributed by atoms with Gasteiger partial charge in [0.25, 0.3) is 0 Å². The summed E-state index contributed by atoms with van der Waals surface area (Å²) >= 11 is 6.58. The number of amides is 2. The minimum atomic E-state index is -4.67. The summed E-state index contributed by atoms with van der Waals surface area (Å²) in [5.74, 6) is 0.0277. The summed E-state index contributed by atoms with van der Waals surface area (Å²) in [6.45, 7) is 1.71. The zero-order valence-corrected chi connectivity index (χ0v) is 20.3. The Labute approximate surface area is 207 Å². The summed E-state index contributed by atoms with van der Waals surface area (Å²) < 4.78 is 49.5. The summed E-state index contributed by atoms with van der Waals surface area (Å²) in [4.78, 5) is 24.6. The van der Waals surface area contributed by atoms with Gasteiger partial charge >= 0.3 is 6.18 Å². The Hall–Kier alpha value is -3.25. The molecule has 1 atom stereocenters. The average molecular weight is 529 g/mol. The van der Waals surface area contributed by atoms with Crippen LogP contribution in [0.25, 0.3) is 0 Å². The molecule has 0 bridgehead atoms. The van der Waals surface area contributed by atoms with E-state index >= 15 is 0 Å². The molecular weight excluding hydrogens is 509 g/mol. The maximum absolute atomic E-state index is 13.0. The predicted octanol–water partition coefficient (Wildman–Crippen LogP) is 4.72. The van der Waals surface area contributed by atoms with E-state index in [0.717, 1.165) is 23.9 Å². The number of amidine groups is 1. The van der Waals surface area contributed by atoms with Crippen molar-refractivity contribution >= 4 is 51.7 Å². The number of nitrogens with one attached hydrogen (secondary N) is 2. The molecular formula is C22H20ClF3N4O4S. The van der Waals surface area contributed by atoms with Gasteiger partial charge in [0.2, 0.25) is 11.8 Å². The fourth-order valence-corrected chi connectivity index (χ4v) is 4.20. The Morgan fingerprint density at radius 2 is 1.94 bits per heavy atom. The highest BCUT2D eigenvalue weighted by molar-refractivity contribution is 8.15. The number of ether oxygens (including phenoxy) is 2.